The molecule has 1 aromatic rings. The molecule has 1 aromatic carbocycles. The zero-order chi connectivity index (χ0) is 16.2. The molecule has 0 atom stereocenters. The number of anilines is 1. The van der Waals surface area contributed by atoms with E-state index >= 15 is 0 Å². The Balaban J connectivity index is 0.00000106. The number of halogens is 2. The van der Waals surface area contributed by atoms with Crippen LogP contribution in [-0.4, -0.2) is 21.7 Å². The first-order chi connectivity index (χ1) is 9.83. The van der Waals surface area contributed by atoms with Crippen molar-refractivity contribution in [2.24, 2.45) is 0 Å². The van der Waals surface area contributed by atoms with Crippen molar-refractivity contribution in [3.05, 3.63) is 33.9 Å². The van der Waals surface area contributed by atoms with Gasteiger partial charge in [-0.2, -0.15) is 0 Å². The molecule has 0 saturated carbocycles. The highest BCUT2D eigenvalue weighted by atomic mass is 35.5. The monoisotopic (exact) mass is 332 g/mol. The summed E-state index contributed by atoms with van der Waals surface area (Å²) in [4.78, 5) is 23.9. The van der Waals surface area contributed by atoms with Gasteiger partial charge in [0.15, 0.2) is 4.33 Å². The maximum absolute atomic E-state index is 12.1. The third-order valence-corrected chi connectivity index (χ3v) is 3.82. The van der Waals surface area contributed by atoms with Crippen molar-refractivity contribution < 1.29 is 9.72 Å². The van der Waals surface area contributed by atoms with Crippen LogP contribution >= 0.6 is 23.2 Å². The second-order valence-electron chi connectivity index (χ2n) is 4.49. The number of aryl methyl sites for hydroxylation is 1. The molecular formula is C14H18Cl2N2O3. The SMILES string of the molecule is CC.Cc1cc(N2CCCC(Cl)(Cl)C2=O)ccc1[N+](=O)[O-]. The van der Waals surface area contributed by atoms with Gasteiger partial charge in [0.1, 0.15) is 0 Å². The van der Waals surface area contributed by atoms with Crippen LogP contribution in [-0.2, 0) is 4.79 Å². The van der Waals surface area contributed by atoms with Crippen LogP contribution in [0.15, 0.2) is 18.2 Å². The minimum Gasteiger partial charge on any atom is -0.310 e. The van der Waals surface area contributed by atoms with E-state index in [9.17, 15) is 14.9 Å². The molecule has 1 heterocycles. The molecule has 0 bridgehead atoms. The molecule has 0 spiro atoms. The van der Waals surface area contributed by atoms with Crippen molar-refractivity contribution in [3.63, 3.8) is 0 Å². The number of piperidine rings is 1. The summed E-state index contributed by atoms with van der Waals surface area (Å²) in [6, 6.07) is 4.53. The summed E-state index contributed by atoms with van der Waals surface area (Å²) in [6.45, 7) is 6.14. The summed E-state index contributed by atoms with van der Waals surface area (Å²) < 4.78 is -1.41. The smallest absolute Gasteiger partial charge is 0.272 e. The van der Waals surface area contributed by atoms with Gasteiger partial charge < -0.3 is 4.90 Å². The molecule has 2 rings (SSSR count). The van der Waals surface area contributed by atoms with Crippen LogP contribution in [0.4, 0.5) is 11.4 Å². The van der Waals surface area contributed by atoms with E-state index in [1.165, 1.54) is 17.0 Å². The lowest BCUT2D eigenvalue weighted by Crippen LogP contribution is -2.47. The lowest BCUT2D eigenvalue weighted by Gasteiger charge is -2.34. The van der Waals surface area contributed by atoms with E-state index in [0.29, 0.717) is 30.6 Å². The quantitative estimate of drug-likeness (QED) is 0.462. The number of hydrogen-bond donors (Lipinski definition) is 0. The minimum absolute atomic E-state index is 0.0243. The number of amides is 1. The molecule has 0 radical (unpaired) electrons. The Kier molecular flexibility index (Phi) is 5.98. The Morgan fingerprint density at radius 2 is 1.95 bits per heavy atom. The summed E-state index contributed by atoms with van der Waals surface area (Å²) >= 11 is 11.9. The highest BCUT2D eigenvalue weighted by Crippen LogP contribution is 2.36. The average Bonchev–Trinajstić information content (AvgIpc) is 2.43. The maximum Gasteiger partial charge on any atom is 0.272 e. The molecule has 1 aliphatic heterocycles. The van der Waals surface area contributed by atoms with E-state index in [0.717, 1.165) is 0 Å². The standard InChI is InChI=1S/C12H12Cl2N2O3.C2H6/c1-8-7-9(3-4-10(8)16(18)19)15-6-2-5-12(13,14)11(15)17;1-2/h3-4,7H,2,5-6H2,1H3;1-2H3. The normalized spacial score (nSPS) is 17.0. The van der Waals surface area contributed by atoms with Gasteiger partial charge in [-0.3, -0.25) is 14.9 Å². The molecule has 1 aliphatic rings. The molecule has 5 nitrogen and oxygen atoms in total. The number of nitrogens with zero attached hydrogens (tertiary/aromatic N) is 2. The van der Waals surface area contributed by atoms with Gasteiger partial charge >= 0.3 is 0 Å². The molecule has 0 unspecified atom stereocenters. The second kappa shape index (κ2) is 7.09. The lowest BCUT2D eigenvalue weighted by molar-refractivity contribution is -0.385. The highest BCUT2D eigenvalue weighted by Gasteiger charge is 2.41. The van der Waals surface area contributed by atoms with Crippen molar-refractivity contribution >= 4 is 40.5 Å². The van der Waals surface area contributed by atoms with Crippen LogP contribution in [0.1, 0.15) is 32.3 Å². The predicted molar refractivity (Wildman–Crippen MR) is 85.2 cm³/mol. The number of carbonyl (C=O) groups is 1. The molecule has 1 fully saturated rings. The third-order valence-electron chi connectivity index (χ3n) is 3.12. The van der Waals surface area contributed by atoms with Gasteiger partial charge in [0.05, 0.1) is 4.92 Å². The van der Waals surface area contributed by atoms with Gasteiger partial charge in [-0.15, -0.1) is 0 Å². The predicted octanol–water partition coefficient (Wildman–Crippen LogP) is 4.23. The average molecular weight is 333 g/mol. The number of carbonyl (C=O) groups excluding carboxylic acids is 1. The van der Waals surface area contributed by atoms with Gasteiger partial charge in [-0.05, 0) is 31.9 Å². The number of nitro groups is 1. The largest absolute Gasteiger partial charge is 0.310 e. The Hall–Kier alpha value is -1.33. The Bertz CT molecular complexity index is 547. The fourth-order valence-electron chi connectivity index (χ4n) is 2.12. The molecule has 7 heteroatoms. The highest BCUT2D eigenvalue weighted by molar-refractivity contribution is 6.59. The number of nitro benzene ring substituents is 1. The molecule has 21 heavy (non-hydrogen) atoms. The Morgan fingerprint density at radius 3 is 2.48 bits per heavy atom. The first kappa shape index (κ1) is 17.7. The zero-order valence-electron chi connectivity index (χ0n) is 12.2. The number of rotatable bonds is 2. The Labute approximate surface area is 134 Å². The number of benzene rings is 1. The van der Waals surface area contributed by atoms with Gasteiger partial charge in [0.2, 0.25) is 0 Å². The fourth-order valence-corrected chi connectivity index (χ4v) is 2.60. The third kappa shape index (κ3) is 3.86. The lowest BCUT2D eigenvalue weighted by atomic mass is 10.1. The van der Waals surface area contributed by atoms with E-state index in [4.69, 9.17) is 23.2 Å². The molecule has 0 N–H and O–H groups in total. The van der Waals surface area contributed by atoms with Crippen LogP contribution in [0.5, 0.6) is 0 Å². The molecule has 0 aromatic heterocycles. The molecule has 116 valence electrons. The van der Waals surface area contributed by atoms with Crippen LogP contribution in [0.3, 0.4) is 0 Å². The van der Waals surface area contributed by atoms with Crippen molar-refractivity contribution in [2.45, 2.75) is 37.9 Å². The Morgan fingerprint density at radius 1 is 1.33 bits per heavy atom. The minimum atomic E-state index is -1.41. The maximum atomic E-state index is 12.1. The zero-order valence-corrected chi connectivity index (χ0v) is 13.7. The summed E-state index contributed by atoms with van der Waals surface area (Å²) in [5, 5.41) is 10.8. The molecule has 1 saturated heterocycles. The summed E-state index contributed by atoms with van der Waals surface area (Å²) in [6.07, 6.45) is 1.10. The van der Waals surface area contributed by atoms with Gasteiger partial charge in [-0.25, -0.2) is 0 Å². The molecule has 1 amide bonds. The van der Waals surface area contributed by atoms with E-state index in [1.54, 1.807) is 13.0 Å². The van der Waals surface area contributed by atoms with E-state index in [-0.39, 0.29) is 11.6 Å². The summed E-state index contributed by atoms with van der Waals surface area (Å²) in [5.74, 6) is -0.379. The van der Waals surface area contributed by atoms with E-state index < -0.39 is 9.26 Å². The van der Waals surface area contributed by atoms with Crippen molar-refractivity contribution in [2.75, 3.05) is 11.4 Å². The van der Waals surface area contributed by atoms with Crippen LogP contribution in [0.2, 0.25) is 0 Å². The topological polar surface area (TPSA) is 63.5 Å². The van der Waals surface area contributed by atoms with Crippen molar-refractivity contribution in [1.82, 2.24) is 0 Å². The summed E-state index contributed by atoms with van der Waals surface area (Å²) in [7, 11) is 0. The van der Waals surface area contributed by atoms with E-state index in [2.05, 4.69) is 0 Å². The van der Waals surface area contributed by atoms with Gasteiger partial charge in [0, 0.05) is 23.9 Å². The van der Waals surface area contributed by atoms with Crippen molar-refractivity contribution in [1.29, 1.82) is 0 Å². The molecule has 0 aliphatic carbocycles. The van der Waals surface area contributed by atoms with E-state index in [1.807, 2.05) is 13.8 Å². The summed E-state index contributed by atoms with van der Waals surface area (Å²) in [5.41, 5.74) is 1.10. The second-order valence-corrected chi connectivity index (χ2v) is 5.98. The fraction of sp³-hybridized carbons (Fsp3) is 0.500. The van der Waals surface area contributed by atoms with Crippen LogP contribution < -0.4 is 4.90 Å². The molecular weight excluding hydrogens is 315 g/mol. The first-order valence-corrected chi connectivity index (χ1v) is 7.53. The number of alkyl halides is 2. The van der Waals surface area contributed by atoms with Gasteiger partial charge in [0.25, 0.3) is 11.6 Å². The van der Waals surface area contributed by atoms with Crippen LogP contribution in [0, 0.1) is 17.0 Å². The van der Waals surface area contributed by atoms with Crippen molar-refractivity contribution in [3.8, 4) is 0 Å². The van der Waals surface area contributed by atoms with Crippen LogP contribution in [0.25, 0.3) is 0 Å². The first-order valence-electron chi connectivity index (χ1n) is 6.78. The van der Waals surface area contributed by atoms with Gasteiger partial charge in [-0.1, -0.05) is 37.0 Å². The number of hydrogen-bond acceptors (Lipinski definition) is 3.